The molecule has 1 amide bonds. The number of carbonyl (C=O) groups excluding carboxylic acids is 1. The van der Waals surface area contributed by atoms with Crippen molar-refractivity contribution in [1.82, 2.24) is 15.1 Å². The summed E-state index contributed by atoms with van der Waals surface area (Å²) in [6.07, 6.45) is 2.59. The molecule has 9 heteroatoms. The molecule has 2 heterocycles. The first-order valence-electron chi connectivity index (χ1n) is 10.3. The van der Waals surface area contributed by atoms with Gasteiger partial charge in [-0.3, -0.25) is 9.89 Å². The number of hydrogen-bond donors (Lipinski definition) is 2. The number of guanidine groups is 1. The van der Waals surface area contributed by atoms with Gasteiger partial charge in [0.1, 0.15) is 0 Å². The number of nitrogens with one attached hydrogen (secondary N) is 1. The Morgan fingerprint density at radius 3 is 2.46 bits per heavy atom. The zero-order valence-corrected chi connectivity index (χ0v) is 19.9. The van der Waals surface area contributed by atoms with Crippen LogP contribution < -0.4 is 11.1 Å². The normalized spacial score (nSPS) is 20.6. The molecule has 2 rings (SSSR count). The van der Waals surface area contributed by atoms with E-state index in [0.717, 1.165) is 45.6 Å². The Balaban J connectivity index is 0.00000392. The van der Waals surface area contributed by atoms with Crippen LogP contribution in [-0.2, 0) is 9.47 Å². The molecular formula is C19H38IN5O3. The minimum absolute atomic E-state index is 0. The second-order valence-electron chi connectivity index (χ2n) is 7.76. The first kappa shape index (κ1) is 25.2. The largest absolute Gasteiger partial charge is 0.450 e. The van der Waals surface area contributed by atoms with Crippen molar-refractivity contribution in [2.45, 2.75) is 52.1 Å². The van der Waals surface area contributed by atoms with E-state index in [1.165, 1.54) is 0 Å². The van der Waals surface area contributed by atoms with E-state index in [0.29, 0.717) is 44.2 Å². The number of morpholine rings is 1. The highest BCUT2D eigenvalue weighted by Crippen LogP contribution is 2.14. The summed E-state index contributed by atoms with van der Waals surface area (Å²) in [5.74, 6) is 1.13. The lowest BCUT2D eigenvalue weighted by molar-refractivity contribution is 0.0143. The average Bonchev–Trinajstić information content (AvgIpc) is 2.66. The molecule has 0 saturated carbocycles. The van der Waals surface area contributed by atoms with Gasteiger partial charge in [0.15, 0.2) is 5.96 Å². The van der Waals surface area contributed by atoms with Crippen molar-refractivity contribution in [2.24, 2.45) is 16.6 Å². The van der Waals surface area contributed by atoms with Crippen LogP contribution in [0.5, 0.6) is 0 Å². The summed E-state index contributed by atoms with van der Waals surface area (Å²) in [4.78, 5) is 20.6. The fraction of sp³-hybridized carbons (Fsp3) is 0.895. The van der Waals surface area contributed by atoms with Crippen molar-refractivity contribution in [1.29, 1.82) is 0 Å². The molecule has 2 aliphatic rings. The third-order valence-corrected chi connectivity index (χ3v) is 5.15. The van der Waals surface area contributed by atoms with Gasteiger partial charge in [-0.15, -0.1) is 24.0 Å². The maximum Gasteiger partial charge on any atom is 0.409 e. The topological polar surface area (TPSA) is 92.4 Å². The van der Waals surface area contributed by atoms with Crippen molar-refractivity contribution < 1.29 is 14.3 Å². The monoisotopic (exact) mass is 511 g/mol. The first-order valence-corrected chi connectivity index (χ1v) is 10.3. The van der Waals surface area contributed by atoms with E-state index >= 15 is 0 Å². The van der Waals surface area contributed by atoms with E-state index in [9.17, 15) is 4.79 Å². The van der Waals surface area contributed by atoms with Crippen LogP contribution in [0.1, 0.15) is 40.0 Å². The number of nitrogens with two attached hydrogens (primary N) is 1. The Kier molecular flexibility index (Phi) is 12.1. The number of amides is 1. The standard InChI is InChI=1S/C19H37N5O3.HI/c1-4-27-19(25)24-7-5-16(6-8-24)22-18(20)21-14-17(13-15(2)3)23-9-11-26-12-10-23;/h15-17H,4-14H2,1-3H3,(H3,20,21,22);1H. The molecule has 164 valence electrons. The number of piperidine rings is 1. The summed E-state index contributed by atoms with van der Waals surface area (Å²) in [5, 5.41) is 3.33. The minimum Gasteiger partial charge on any atom is -0.450 e. The smallest absolute Gasteiger partial charge is 0.409 e. The lowest BCUT2D eigenvalue weighted by atomic mass is 10.0. The van der Waals surface area contributed by atoms with Gasteiger partial charge < -0.3 is 25.4 Å². The van der Waals surface area contributed by atoms with E-state index in [1.54, 1.807) is 4.90 Å². The predicted octanol–water partition coefficient (Wildman–Crippen LogP) is 1.88. The zero-order chi connectivity index (χ0) is 19.6. The lowest BCUT2D eigenvalue weighted by Gasteiger charge is -2.35. The lowest BCUT2D eigenvalue weighted by Crippen LogP contribution is -2.49. The molecule has 1 atom stereocenters. The SMILES string of the molecule is CCOC(=O)N1CCC(NC(N)=NCC(CC(C)C)N2CCOCC2)CC1.I. The molecule has 0 aliphatic carbocycles. The molecule has 2 aliphatic heterocycles. The molecule has 0 aromatic carbocycles. The molecule has 1 unspecified atom stereocenters. The van der Waals surface area contributed by atoms with Gasteiger partial charge in [0, 0.05) is 38.3 Å². The number of aliphatic imine (C=N–C) groups is 1. The Morgan fingerprint density at radius 2 is 1.89 bits per heavy atom. The van der Waals surface area contributed by atoms with Gasteiger partial charge in [0.2, 0.25) is 0 Å². The Morgan fingerprint density at radius 1 is 1.25 bits per heavy atom. The maximum absolute atomic E-state index is 11.8. The second-order valence-corrected chi connectivity index (χ2v) is 7.76. The van der Waals surface area contributed by atoms with E-state index in [1.807, 2.05) is 6.92 Å². The molecule has 2 fully saturated rings. The second kappa shape index (κ2) is 13.4. The number of ether oxygens (including phenoxy) is 2. The van der Waals surface area contributed by atoms with Crippen LogP contribution in [0.15, 0.2) is 4.99 Å². The van der Waals surface area contributed by atoms with Gasteiger partial charge in [-0.1, -0.05) is 13.8 Å². The van der Waals surface area contributed by atoms with Gasteiger partial charge in [-0.25, -0.2) is 4.79 Å². The minimum atomic E-state index is -0.223. The maximum atomic E-state index is 11.8. The zero-order valence-electron chi connectivity index (χ0n) is 17.6. The summed E-state index contributed by atoms with van der Waals surface area (Å²) < 4.78 is 10.5. The van der Waals surface area contributed by atoms with Crippen molar-refractivity contribution >= 4 is 36.0 Å². The third-order valence-electron chi connectivity index (χ3n) is 5.15. The highest BCUT2D eigenvalue weighted by molar-refractivity contribution is 14.0. The number of halogens is 1. The summed E-state index contributed by atoms with van der Waals surface area (Å²) in [5.41, 5.74) is 6.15. The molecule has 0 bridgehead atoms. The van der Waals surface area contributed by atoms with Crippen molar-refractivity contribution in [3.8, 4) is 0 Å². The van der Waals surface area contributed by atoms with Crippen LogP contribution in [0.4, 0.5) is 4.79 Å². The average molecular weight is 511 g/mol. The summed E-state index contributed by atoms with van der Waals surface area (Å²) in [6.45, 7) is 12.3. The van der Waals surface area contributed by atoms with Crippen molar-refractivity contribution in [3.05, 3.63) is 0 Å². The van der Waals surface area contributed by atoms with Gasteiger partial charge in [0.05, 0.1) is 26.4 Å². The van der Waals surface area contributed by atoms with Crippen molar-refractivity contribution in [2.75, 3.05) is 52.5 Å². The number of hydrogen-bond acceptors (Lipinski definition) is 5. The van der Waals surface area contributed by atoms with E-state index in [4.69, 9.17) is 15.2 Å². The highest BCUT2D eigenvalue weighted by atomic mass is 127. The van der Waals surface area contributed by atoms with Gasteiger partial charge >= 0.3 is 6.09 Å². The van der Waals surface area contributed by atoms with Gasteiger partial charge in [-0.2, -0.15) is 0 Å². The molecule has 0 aromatic rings. The Hall–Kier alpha value is -0.810. The number of rotatable bonds is 7. The van der Waals surface area contributed by atoms with Crippen LogP contribution >= 0.6 is 24.0 Å². The summed E-state index contributed by atoms with van der Waals surface area (Å²) >= 11 is 0. The number of likely N-dealkylation sites (tertiary alicyclic amines) is 1. The molecule has 0 aromatic heterocycles. The molecule has 8 nitrogen and oxygen atoms in total. The van der Waals surface area contributed by atoms with E-state index in [2.05, 4.69) is 29.1 Å². The van der Waals surface area contributed by atoms with E-state index in [-0.39, 0.29) is 36.1 Å². The van der Waals surface area contributed by atoms with Crippen LogP contribution in [-0.4, -0.2) is 86.5 Å². The molecule has 0 spiro atoms. The highest BCUT2D eigenvalue weighted by Gasteiger charge is 2.24. The molecule has 28 heavy (non-hydrogen) atoms. The van der Waals surface area contributed by atoms with E-state index < -0.39 is 0 Å². The van der Waals surface area contributed by atoms with Crippen LogP contribution in [0.2, 0.25) is 0 Å². The fourth-order valence-electron chi connectivity index (χ4n) is 3.71. The molecule has 3 N–H and O–H groups in total. The van der Waals surface area contributed by atoms with Crippen LogP contribution in [0, 0.1) is 5.92 Å². The Labute approximate surface area is 186 Å². The number of nitrogens with zero attached hydrogens (tertiary/aromatic N) is 3. The summed E-state index contributed by atoms with van der Waals surface area (Å²) in [7, 11) is 0. The predicted molar refractivity (Wildman–Crippen MR) is 122 cm³/mol. The van der Waals surface area contributed by atoms with Gasteiger partial charge in [0.25, 0.3) is 0 Å². The first-order chi connectivity index (χ1) is 13.0. The number of carbonyl (C=O) groups is 1. The Bertz CT molecular complexity index is 478. The van der Waals surface area contributed by atoms with Crippen LogP contribution in [0.3, 0.4) is 0 Å². The fourth-order valence-corrected chi connectivity index (χ4v) is 3.71. The molecule has 2 saturated heterocycles. The summed E-state index contributed by atoms with van der Waals surface area (Å²) in [6, 6.07) is 0.659. The van der Waals surface area contributed by atoms with Crippen LogP contribution in [0.25, 0.3) is 0 Å². The quantitative estimate of drug-likeness (QED) is 0.308. The molecular weight excluding hydrogens is 473 g/mol. The molecule has 0 radical (unpaired) electrons. The van der Waals surface area contributed by atoms with Crippen molar-refractivity contribution in [3.63, 3.8) is 0 Å². The third kappa shape index (κ3) is 8.69. The van der Waals surface area contributed by atoms with Gasteiger partial charge in [-0.05, 0) is 32.1 Å².